The van der Waals surface area contributed by atoms with Crippen LogP contribution in [0.2, 0.25) is 5.02 Å². The first-order valence-electron chi connectivity index (χ1n) is 12.9. The lowest BCUT2D eigenvalue weighted by Crippen LogP contribution is -2.78. The van der Waals surface area contributed by atoms with Crippen LogP contribution in [0.15, 0.2) is 58.4 Å². The maximum Gasteiger partial charge on any atom is 0.243 e. The minimum atomic E-state index is -3.84. The number of amidine groups is 1. The van der Waals surface area contributed by atoms with E-state index in [4.69, 9.17) is 16.6 Å². The van der Waals surface area contributed by atoms with E-state index in [1.54, 1.807) is 36.4 Å². The van der Waals surface area contributed by atoms with E-state index in [0.29, 0.717) is 37.2 Å². The molecule has 2 bridgehead atoms. The molecule has 1 atom stereocenters. The average Bonchev–Trinajstić information content (AvgIpc) is 3.55. The highest BCUT2D eigenvalue weighted by Gasteiger charge is 2.75. The number of aliphatic imine (C=N–C) groups is 1. The third kappa shape index (κ3) is 4.12. The molecule has 1 heterocycles. The van der Waals surface area contributed by atoms with Crippen molar-refractivity contribution in [1.29, 1.82) is 0 Å². The van der Waals surface area contributed by atoms with Gasteiger partial charge in [0.15, 0.2) is 5.78 Å². The molecular formula is C28H31ClFN3O3S. The third-order valence-electron chi connectivity index (χ3n) is 8.55. The van der Waals surface area contributed by atoms with Crippen LogP contribution in [0.4, 0.5) is 4.39 Å². The van der Waals surface area contributed by atoms with Crippen LogP contribution in [-0.2, 0) is 21.4 Å². The Hall–Kier alpha value is -2.29. The van der Waals surface area contributed by atoms with Gasteiger partial charge in [-0.2, -0.15) is 4.31 Å². The number of nitrogens with zero attached hydrogens (tertiary/aromatic N) is 2. The van der Waals surface area contributed by atoms with Crippen LogP contribution in [0, 0.1) is 17.2 Å². The highest BCUT2D eigenvalue weighted by molar-refractivity contribution is 7.89. The Morgan fingerprint density at radius 1 is 1.14 bits per heavy atom. The molecule has 2 aromatic carbocycles. The van der Waals surface area contributed by atoms with Crippen molar-refractivity contribution < 1.29 is 17.6 Å². The van der Waals surface area contributed by atoms with Crippen molar-refractivity contribution in [3.05, 3.63) is 64.9 Å². The van der Waals surface area contributed by atoms with Gasteiger partial charge in [-0.25, -0.2) is 12.8 Å². The second-order valence-corrected chi connectivity index (χ2v) is 14.2. The number of sulfonamides is 1. The van der Waals surface area contributed by atoms with Gasteiger partial charge >= 0.3 is 0 Å². The summed E-state index contributed by atoms with van der Waals surface area (Å²) in [5.41, 5.74) is -0.736. The standard InChI is InChI=1S/C28H31ClFN3O3S/c1-26(2)24(23(34)13-18-8-9-18)31-25(32-26)27-15-28(16-27,17-27)33(14-19-10-11-21(29)22(30)12-19)37(35,36)20-6-4-3-5-7-20/h3-7,10-12,18,24H,8-9,13-17H2,1-2H3,(H,31,32)/t24-,27?,28?/m0/s1. The van der Waals surface area contributed by atoms with Crippen molar-refractivity contribution in [1.82, 2.24) is 9.62 Å². The fourth-order valence-electron chi connectivity index (χ4n) is 6.44. The average molecular weight is 544 g/mol. The molecule has 0 amide bonds. The van der Waals surface area contributed by atoms with Crippen LogP contribution in [0.25, 0.3) is 0 Å². The van der Waals surface area contributed by atoms with E-state index in [1.165, 1.54) is 16.4 Å². The molecule has 6 nitrogen and oxygen atoms in total. The lowest BCUT2D eigenvalue weighted by Gasteiger charge is -2.73. The van der Waals surface area contributed by atoms with Crippen molar-refractivity contribution >= 4 is 33.2 Å². The summed E-state index contributed by atoms with van der Waals surface area (Å²) in [5.74, 6) is 0.964. The maximum atomic E-state index is 14.2. The molecule has 0 radical (unpaired) electrons. The molecule has 0 saturated heterocycles. The number of carbonyl (C=O) groups is 1. The number of halogens is 2. The van der Waals surface area contributed by atoms with E-state index in [2.05, 4.69) is 5.32 Å². The zero-order valence-corrected chi connectivity index (χ0v) is 22.6. The van der Waals surface area contributed by atoms with Gasteiger partial charge in [0.1, 0.15) is 17.7 Å². The minimum Gasteiger partial charge on any atom is -0.366 e. The number of carbonyl (C=O) groups excluding carboxylic acids is 1. The Morgan fingerprint density at radius 3 is 2.43 bits per heavy atom. The Kier molecular flexibility index (Phi) is 5.65. The molecular weight excluding hydrogens is 513 g/mol. The predicted octanol–water partition coefficient (Wildman–Crippen LogP) is 5.11. The fourth-order valence-corrected chi connectivity index (χ4v) is 8.34. The number of rotatable bonds is 9. The quantitative estimate of drug-likeness (QED) is 0.476. The smallest absolute Gasteiger partial charge is 0.243 e. The number of hydrogen-bond donors (Lipinski definition) is 1. The van der Waals surface area contributed by atoms with Crippen LogP contribution in [0.5, 0.6) is 0 Å². The van der Waals surface area contributed by atoms with E-state index in [9.17, 15) is 17.6 Å². The molecule has 196 valence electrons. The molecule has 9 heteroatoms. The summed E-state index contributed by atoms with van der Waals surface area (Å²) < 4.78 is 43.5. The number of Topliss-reactive ketones (excluding diaryl/α,β-unsaturated/α-hetero) is 1. The van der Waals surface area contributed by atoms with E-state index in [1.807, 2.05) is 13.8 Å². The highest BCUT2D eigenvalue weighted by Crippen LogP contribution is 2.71. The summed E-state index contributed by atoms with van der Waals surface area (Å²) in [6.07, 6.45) is 4.69. The highest BCUT2D eigenvalue weighted by atomic mass is 35.5. The number of benzene rings is 2. The van der Waals surface area contributed by atoms with Crippen molar-refractivity contribution in [2.24, 2.45) is 16.3 Å². The molecule has 7 rings (SSSR count). The summed E-state index contributed by atoms with van der Waals surface area (Å²) in [7, 11) is -3.84. The van der Waals surface area contributed by atoms with Crippen LogP contribution >= 0.6 is 11.6 Å². The number of ketones is 1. The summed E-state index contributed by atoms with van der Waals surface area (Å²) in [4.78, 5) is 18.1. The van der Waals surface area contributed by atoms with Gasteiger partial charge in [-0.15, -0.1) is 0 Å². The zero-order chi connectivity index (χ0) is 26.2. The van der Waals surface area contributed by atoms with Crippen LogP contribution < -0.4 is 5.32 Å². The molecule has 0 aromatic heterocycles. The molecule has 2 aromatic rings. The molecule has 1 N–H and O–H groups in total. The van der Waals surface area contributed by atoms with Gasteiger partial charge in [0.05, 0.1) is 15.5 Å². The van der Waals surface area contributed by atoms with Crippen LogP contribution in [0.3, 0.4) is 0 Å². The maximum absolute atomic E-state index is 14.2. The molecule has 37 heavy (non-hydrogen) atoms. The van der Waals surface area contributed by atoms with Gasteiger partial charge in [-0.1, -0.05) is 35.9 Å². The van der Waals surface area contributed by atoms with E-state index in [-0.39, 0.29) is 27.7 Å². The van der Waals surface area contributed by atoms with Gasteiger partial charge in [0.25, 0.3) is 0 Å². The van der Waals surface area contributed by atoms with E-state index >= 15 is 0 Å². The Morgan fingerprint density at radius 2 is 1.81 bits per heavy atom. The van der Waals surface area contributed by atoms with Gasteiger partial charge in [-0.3, -0.25) is 9.79 Å². The predicted molar refractivity (Wildman–Crippen MR) is 140 cm³/mol. The lowest BCUT2D eigenvalue weighted by molar-refractivity contribution is -0.151. The second kappa shape index (κ2) is 8.35. The summed E-state index contributed by atoms with van der Waals surface area (Å²) in [6.45, 7) is 4.08. The van der Waals surface area contributed by atoms with Crippen LogP contribution in [0.1, 0.15) is 57.9 Å². The molecule has 0 unspecified atom stereocenters. The third-order valence-corrected chi connectivity index (χ3v) is 10.8. The lowest BCUT2D eigenvalue weighted by atomic mass is 9.38. The molecule has 0 spiro atoms. The summed E-state index contributed by atoms with van der Waals surface area (Å²) >= 11 is 5.87. The Bertz CT molecular complexity index is 1390. The van der Waals surface area contributed by atoms with Crippen molar-refractivity contribution in [3.8, 4) is 0 Å². The Balaban J connectivity index is 1.27. The number of hydrogen-bond acceptors (Lipinski definition) is 5. The van der Waals surface area contributed by atoms with Gasteiger partial charge in [0.2, 0.25) is 10.0 Å². The minimum absolute atomic E-state index is 0.00408. The topological polar surface area (TPSA) is 78.8 Å². The summed E-state index contributed by atoms with van der Waals surface area (Å²) in [6, 6.07) is 12.4. The van der Waals surface area contributed by atoms with Gasteiger partial charge in [-0.05, 0) is 81.7 Å². The molecule has 4 fully saturated rings. The monoisotopic (exact) mass is 543 g/mol. The fraction of sp³-hybridized carbons (Fsp3) is 0.500. The van der Waals surface area contributed by atoms with Crippen molar-refractivity contribution in [2.45, 2.75) is 80.9 Å². The van der Waals surface area contributed by atoms with E-state index < -0.39 is 33.0 Å². The zero-order valence-electron chi connectivity index (χ0n) is 21.0. The summed E-state index contributed by atoms with van der Waals surface area (Å²) in [5, 5.41) is 3.53. The normalized spacial score (nSPS) is 29.8. The molecule has 4 saturated carbocycles. The van der Waals surface area contributed by atoms with E-state index in [0.717, 1.165) is 18.7 Å². The van der Waals surface area contributed by atoms with Crippen LogP contribution in [-0.4, -0.2) is 41.5 Å². The van der Waals surface area contributed by atoms with Crippen molar-refractivity contribution in [3.63, 3.8) is 0 Å². The molecule has 5 aliphatic rings. The number of nitrogens with one attached hydrogen (secondary N) is 1. The Labute approximate surface area is 222 Å². The first-order valence-corrected chi connectivity index (χ1v) is 14.7. The van der Waals surface area contributed by atoms with Gasteiger partial charge < -0.3 is 5.32 Å². The molecule has 4 aliphatic carbocycles. The largest absolute Gasteiger partial charge is 0.366 e. The van der Waals surface area contributed by atoms with Gasteiger partial charge in [0, 0.05) is 23.9 Å². The first kappa shape index (κ1) is 25.0. The first-order chi connectivity index (χ1) is 17.4. The van der Waals surface area contributed by atoms with Crippen molar-refractivity contribution in [2.75, 3.05) is 0 Å². The molecule has 1 aliphatic heterocycles. The second-order valence-electron chi connectivity index (χ2n) is 11.9. The SMILES string of the molecule is CC1(C)NC(C23CC(N(Cc4ccc(Cl)c(F)c4)S(=O)(=O)c4ccccc4)(C2)C3)=N[C@H]1C(=O)CC1CC1.